The van der Waals surface area contributed by atoms with Crippen molar-refractivity contribution in [3.05, 3.63) is 55.7 Å². The largest absolute Gasteiger partial charge is 0.271 e. The third kappa shape index (κ3) is 3.01. The van der Waals surface area contributed by atoms with E-state index in [1.807, 2.05) is 0 Å². The molecular formula is C14H17BrN2S. The zero-order valence-corrected chi connectivity index (χ0v) is 12.9. The first-order chi connectivity index (χ1) is 8.61. The van der Waals surface area contributed by atoms with Gasteiger partial charge in [0.25, 0.3) is 0 Å². The van der Waals surface area contributed by atoms with Gasteiger partial charge in [0.15, 0.2) is 0 Å². The Bertz CT molecular complexity index is 516. The first-order valence-electron chi connectivity index (χ1n) is 5.88. The van der Waals surface area contributed by atoms with Crippen molar-refractivity contribution in [3.63, 3.8) is 0 Å². The van der Waals surface area contributed by atoms with E-state index in [0.717, 1.165) is 10.2 Å². The highest BCUT2D eigenvalue weighted by atomic mass is 79.9. The number of hydrogen-bond acceptors (Lipinski definition) is 3. The van der Waals surface area contributed by atoms with Gasteiger partial charge in [0.05, 0.1) is 9.83 Å². The Labute approximate surface area is 120 Å². The van der Waals surface area contributed by atoms with Gasteiger partial charge in [-0.1, -0.05) is 18.2 Å². The minimum atomic E-state index is 0.164. The van der Waals surface area contributed by atoms with Crippen LogP contribution >= 0.6 is 27.3 Å². The highest BCUT2D eigenvalue weighted by molar-refractivity contribution is 9.11. The van der Waals surface area contributed by atoms with Crippen LogP contribution in [0.1, 0.15) is 27.6 Å². The normalized spacial score (nSPS) is 12.7. The fraction of sp³-hybridized carbons (Fsp3) is 0.286. The molecule has 0 saturated heterocycles. The molecule has 2 aromatic rings. The molecule has 0 saturated carbocycles. The van der Waals surface area contributed by atoms with Crippen LogP contribution in [0.15, 0.2) is 34.1 Å². The fourth-order valence-electron chi connectivity index (χ4n) is 2.28. The van der Waals surface area contributed by atoms with Crippen LogP contribution in [0.25, 0.3) is 0 Å². The maximum absolute atomic E-state index is 5.74. The van der Waals surface area contributed by atoms with Gasteiger partial charge in [-0.05, 0) is 58.6 Å². The lowest BCUT2D eigenvalue weighted by Gasteiger charge is -2.20. The van der Waals surface area contributed by atoms with Crippen LogP contribution in [0.4, 0.5) is 0 Å². The smallest absolute Gasteiger partial charge is 0.0701 e. The second-order valence-electron chi connectivity index (χ2n) is 4.43. The third-order valence-electron chi connectivity index (χ3n) is 3.13. The number of nitrogens with two attached hydrogens (primary N) is 1. The van der Waals surface area contributed by atoms with E-state index >= 15 is 0 Å². The van der Waals surface area contributed by atoms with Gasteiger partial charge < -0.3 is 0 Å². The number of hydrazine groups is 1. The average Bonchev–Trinajstić information content (AvgIpc) is 2.73. The summed E-state index contributed by atoms with van der Waals surface area (Å²) in [6.45, 7) is 4.27. The van der Waals surface area contributed by atoms with Crippen molar-refractivity contribution in [2.75, 3.05) is 0 Å². The minimum Gasteiger partial charge on any atom is -0.271 e. The van der Waals surface area contributed by atoms with Crippen LogP contribution in [0.2, 0.25) is 0 Å². The summed E-state index contributed by atoms with van der Waals surface area (Å²) in [4.78, 5) is 1.33. The zero-order valence-electron chi connectivity index (χ0n) is 10.5. The van der Waals surface area contributed by atoms with Gasteiger partial charge in [-0.3, -0.25) is 11.3 Å². The highest BCUT2D eigenvalue weighted by Gasteiger charge is 2.16. The monoisotopic (exact) mass is 324 g/mol. The maximum Gasteiger partial charge on any atom is 0.0701 e. The minimum absolute atomic E-state index is 0.164. The average molecular weight is 325 g/mol. The molecule has 1 aromatic carbocycles. The second-order valence-corrected chi connectivity index (χ2v) is 6.98. The molecule has 4 heteroatoms. The van der Waals surface area contributed by atoms with Gasteiger partial charge in [-0.15, -0.1) is 11.3 Å². The summed E-state index contributed by atoms with van der Waals surface area (Å²) >= 11 is 5.25. The number of benzene rings is 1. The van der Waals surface area contributed by atoms with E-state index in [-0.39, 0.29) is 6.04 Å². The molecule has 1 aromatic heterocycles. The molecule has 0 fully saturated rings. The molecule has 0 aliphatic carbocycles. The third-order valence-corrected chi connectivity index (χ3v) is 4.77. The van der Waals surface area contributed by atoms with Gasteiger partial charge in [0.2, 0.25) is 0 Å². The topological polar surface area (TPSA) is 38.0 Å². The molecule has 1 unspecified atom stereocenters. The molecule has 0 bridgehead atoms. The Kier molecular flexibility index (Phi) is 4.56. The number of aryl methyl sites for hydroxylation is 2. The van der Waals surface area contributed by atoms with Crippen LogP contribution < -0.4 is 11.3 Å². The first-order valence-corrected chi connectivity index (χ1v) is 7.49. The lowest BCUT2D eigenvalue weighted by atomic mass is 9.94. The molecule has 0 aliphatic heterocycles. The van der Waals surface area contributed by atoms with E-state index in [2.05, 4.69) is 65.5 Å². The quantitative estimate of drug-likeness (QED) is 0.661. The van der Waals surface area contributed by atoms with Crippen molar-refractivity contribution < 1.29 is 0 Å². The first kappa shape index (κ1) is 13.7. The summed E-state index contributed by atoms with van der Waals surface area (Å²) in [6, 6.07) is 10.7. The number of thiophene rings is 1. The Hall–Kier alpha value is -0.680. The number of hydrogen-bond donors (Lipinski definition) is 2. The van der Waals surface area contributed by atoms with Crippen LogP contribution in [-0.2, 0) is 6.42 Å². The van der Waals surface area contributed by atoms with Crippen molar-refractivity contribution in [1.29, 1.82) is 0 Å². The summed E-state index contributed by atoms with van der Waals surface area (Å²) in [5.41, 5.74) is 6.83. The maximum atomic E-state index is 5.74. The van der Waals surface area contributed by atoms with Crippen molar-refractivity contribution >= 4 is 27.3 Å². The van der Waals surface area contributed by atoms with Crippen LogP contribution in [0.3, 0.4) is 0 Å². The van der Waals surface area contributed by atoms with E-state index < -0.39 is 0 Å². The Balaban J connectivity index is 2.28. The lowest BCUT2D eigenvalue weighted by molar-refractivity contribution is 0.550. The van der Waals surface area contributed by atoms with Gasteiger partial charge in [0.1, 0.15) is 0 Å². The summed E-state index contributed by atoms with van der Waals surface area (Å²) in [6.07, 6.45) is 0.915. The predicted molar refractivity (Wildman–Crippen MR) is 81.7 cm³/mol. The second kappa shape index (κ2) is 5.97. The zero-order chi connectivity index (χ0) is 13.1. The molecule has 2 rings (SSSR count). The van der Waals surface area contributed by atoms with E-state index in [1.54, 1.807) is 11.3 Å². The molecule has 1 atom stereocenters. The number of rotatable bonds is 4. The molecule has 18 heavy (non-hydrogen) atoms. The van der Waals surface area contributed by atoms with E-state index in [0.29, 0.717) is 0 Å². The molecular weight excluding hydrogens is 308 g/mol. The lowest BCUT2D eigenvalue weighted by Crippen LogP contribution is -2.30. The molecule has 3 N–H and O–H groups in total. The van der Waals surface area contributed by atoms with Gasteiger partial charge in [-0.25, -0.2) is 0 Å². The van der Waals surface area contributed by atoms with E-state index in [9.17, 15) is 0 Å². The molecule has 0 aliphatic rings. The molecule has 2 nitrogen and oxygen atoms in total. The molecule has 96 valence electrons. The summed E-state index contributed by atoms with van der Waals surface area (Å²) in [5.74, 6) is 5.74. The molecule has 0 spiro atoms. The van der Waals surface area contributed by atoms with Crippen molar-refractivity contribution in [3.8, 4) is 0 Å². The number of halogens is 1. The van der Waals surface area contributed by atoms with Crippen LogP contribution in [0, 0.1) is 13.8 Å². The highest BCUT2D eigenvalue weighted by Crippen LogP contribution is 2.29. The summed E-state index contributed by atoms with van der Waals surface area (Å²) in [7, 11) is 0. The summed E-state index contributed by atoms with van der Waals surface area (Å²) < 4.78 is 1.16. The van der Waals surface area contributed by atoms with Crippen molar-refractivity contribution in [2.45, 2.75) is 26.3 Å². The van der Waals surface area contributed by atoms with Gasteiger partial charge in [-0.2, -0.15) is 0 Å². The van der Waals surface area contributed by atoms with Crippen LogP contribution in [-0.4, -0.2) is 0 Å². The van der Waals surface area contributed by atoms with E-state index in [1.165, 1.54) is 21.6 Å². The van der Waals surface area contributed by atoms with Crippen molar-refractivity contribution in [1.82, 2.24) is 5.43 Å². The predicted octanol–water partition coefficient (Wildman–Crippen LogP) is 3.87. The standard InChI is InChI=1S/C14H17BrN2S/c1-9-4-3-5-10(2)14(9)12(17-16)8-11-6-7-13(15)18-11/h3-7,12,17H,8,16H2,1-2H3. The Morgan fingerprint density at radius 1 is 1.22 bits per heavy atom. The molecule has 0 radical (unpaired) electrons. The Morgan fingerprint density at radius 2 is 1.89 bits per heavy atom. The summed E-state index contributed by atoms with van der Waals surface area (Å²) in [5, 5.41) is 0. The van der Waals surface area contributed by atoms with Gasteiger partial charge >= 0.3 is 0 Å². The number of nitrogens with one attached hydrogen (secondary N) is 1. The SMILES string of the molecule is Cc1cccc(C)c1C(Cc1ccc(Br)s1)NN. The molecule has 1 heterocycles. The van der Waals surface area contributed by atoms with Crippen molar-refractivity contribution in [2.24, 2.45) is 5.84 Å². The fourth-order valence-corrected chi connectivity index (χ4v) is 3.81. The van der Waals surface area contributed by atoms with E-state index in [4.69, 9.17) is 5.84 Å². The van der Waals surface area contributed by atoms with Crippen LogP contribution in [0.5, 0.6) is 0 Å². The Morgan fingerprint density at radius 3 is 2.39 bits per heavy atom. The van der Waals surface area contributed by atoms with Gasteiger partial charge in [0, 0.05) is 11.3 Å². The molecule has 0 amide bonds.